The average Bonchev–Trinajstić information content (AvgIpc) is 2.31. The predicted molar refractivity (Wildman–Crippen MR) is 62.0 cm³/mol. The molecule has 0 amide bonds. The maximum absolute atomic E-state index is 11.0. The van der Waals surface area contributed by atoms with E-state index < -0.39 is 17.5 Å². The molecule has 1 rings (SSSR count). The standard InChI is InChI=1S/C12H14O6/c1-7-8(17-3)5-4-6-9(7)18-12(2,10(13)14)11(15)16/h4-6H,1-3H3,(H,13,14)(H,15,16). The summed E-state index contributed by atoms with van der Waals surface area (Å²) in [5.41, 5.74) is -1.80. The van der Waals surface area contributed by atoms with Crippen molar-refractivity contribution in [2.45, 2.75) is 19.4 Å². The zero-order valence-corrected chi connectivity index (χ0v) is 10.3. The molecule has 0 aromatic heterocycles. The Morgan fingerprint density at radius 2 is 1.67 bits per heavy atom. The van der Waals surface area contributed by atoms with Gasteiger partial charge >= 0.3 is 11.9 Å². The molecule has 0 aliphatic carbocycles. The highest BCUT2D eigenvalue weighted by Gasteiger charge is 2.44. The first kappa shape index (κ1) is 13.8. The van der Waals surface area contributed by atoms with E-state index in [4.69, 9.17) is 19.7 Å². The maximum Gasteiger partial charge on any atom is 0.359 e. The number of rotatable bonds is 5. The van der Waals surface area contributed by atoms with Crippen LogP contribution in [0, 0.1) is 6.92 Å². The van der Waals surface area contributed by atoms with E-state index >= 15 is 0 Å². The van der Waals surface area contributed by atoms with Gasteiger partial charge in [0.25, 0.3) is 5.60 Å². The third-order valence-corrected chi connectivity index (χ3v) is 2.58. The fourth-order valence-electron chi connectivity index (χ4n) is 1.32. The van der Waals surface area contributed by atoms with Crippen molar-refractivity contribution in [2.24, 2.45) is 0 Å². The number of ether oxygens (including phenoxy) is 2. The van der Waals surface area contributed by atoms with E-state index in [0.29, 0.717) is 11.3 Å². The van der Waals surface area contributed by atoms with Gasteiger partial charge in [0.1, 0.15) is 11.5 Å². The maximum atomic E-state index is 11.0. The molecule has 1 aromatic rings. The normalized spacial score (nSPS) is 10.8. The van der Waals surface area contributed by atoms with Gasteiger partial charge in [0.05, 0.1) is 7.11 Å². The summed E-state index contributed by atoms with van der Waals surface area (Å²) in [6.45, 7) is 2.63. The number of carboxylic acids is 2. The van der Waals surface area contributed by atoms with Gasteiger partial charge in [-0.3, -0.25) is 0 Å². The van der Waals surface area contributed by atoms with Gasteiger partial charge in [-0.2, -0.15) is 0 Å². The number of hydrogen-bond acceptors (Lipinski definition) is 4. The molecule has 18 heavy (non-hydrogen) atoms. The van der Waals surface area contributed by atoms with Crippen LogP contribution in [-0.4, -0.2) is 34.9 Å². The summed E-state index contributed by atoms with van der Waals surface area (Å²) in [6, 6.07) is 4.74. The van der Waals surface area contributed by atoms with Gasteiger partial charge in [-0.1, -0.05) is 6.07 Å². The van der Waals surface area contributed by atoms with E-state index in [1.165, 1.54) is 13.2 Å². The summed E-state index contributed by atoms with van der Waals surface area (Å²) >= 11 is 0. The van der Waals surface area contributed by atoms with Crippen LogP contribution in [-0.2, 0) is 9.59 Å². The molecular formula is C12H14O6. The Hall–Kier alpha value is -2.24. The molecule has 0 radical (unpaired) electrons. The van der Waals surface area contributed by atoms with Gasteiger partial charge in [-0.05, 0) is 26.0 Å². The van der Waals surface area contributed by atoms with Gasteiger partial charge in [0.2, 0.25) is 0 Å². The fraction of sp³-hybridized carbons (Fsp3) is 0.333. The SMILES string of the molecule is COc1cccc(OC(C)(C(=O)O)C(=O)O)c1C. The minimum absolute atomic E-state index is 0.154. The third-order valence-electron chi connectivity index (χ3n) is 2.58. The summed E-state index contributed by atoms with van der Waals surface area (Å²) < 4.78 is 10.2. The molecule has 0 unspecified atom stereocenters. The Morgan fingerprint density at radius 1 is 1.17 bits per heavy atom. The molecule has 0 heterocycles. The van der Waals surface area contributed by atoms with Crippen molar-refractivity contribution in [3.05, 3.63) is 23.8 Å². The lowest BCUT2D eigenvalue weighted by Crippen LogP contribution is -2.49. The Bertz CT molecular complexity index is 465. The topological polar surface area (TPSA) is 93.1 Å². The fourth-order valence-corrected chi connectivity index (χ4v) is 1.32. The number of carbonyl (C=O) groups is 2. The van der Waals surface area contributed by atoms with Crippen LogP contribution in [0.4, 0.5) is 0 Å². The molecule has 0 aliphatic rings. The number of methoxy groups -OCH3 is 1. The highest BCUT2D eigenvalue weighted by atomic mass is 16.6. The lowest BCUT2D eigenvalue weighted by Gasteiger charge is -2.23. The zero-order valence-electron chi connectivity index (χ0n) is 10.3. The largest absolute Gasteiger partial charge is 0.496 e. The Morgan fingerprint density at radius 3 is 2.11 bits per heavy atom. The average molecular weight is 254 g/mol. The quantitative estimate of drug-likeness (QED) is 0.769. The second kappa shape index (κ2) is 4.95. The molecule has 0 saturated carbocycles. The van der Waals surface area contributed by atoms with Gasteiger partial charge in [-0.25, -0.2) is 9.59 Å². The minimum atomic E-state index is -2.34. The number of aliphatic carboxylic acids is 2. The first-order chi connectivity index (χ1) is 8.32. The molecule has 2 N–H and O–H groups in total. The molecule has 98 valence electrons. The van der Waals surface area contributed by atoms with Crippen molar-refractivity contribution in [1.82, 2.24) is 0 Å². The van der Waals surface area contributed by atoms with Gasteiger partial charge < -0.3 is 19.7 Å². The lowest BCUT2D eigenvalue weighted by atomic mass is 10.1. The van der Waals surface area contributed by atoms with Crippen molar-refractivity contribution in [1.29, 1.82) is 0 Å². The van der Waals surface area contributed by atoms with Crippen LogP contribution in [0.25, 0.3) is 0 Å². The highest BCUT2D eigenvalue weighted by Crippen LogP contribution is 2.30. The van der Waals surface area contributed by atoms with Crippen LogP contribution in [0.3, 0.4) is 0 Å². The summed E-state index contributed by atoms with van der Waals surface area (Å²) in [7, 11) is 1.46. The van der Waals surface area contributed by atoms with Gasteiger partial charge in [-0.15, -0.1) is 0 Å². The lowest BCUT2D eigenvalue weighted by molar-refractivity contribution is -0.170. The number of benzene rings is 1. The van der Waals surface area contributed by atoms with Crippen LogP contribution in [0.1, 0.15) is 12.5 Å². The van der Waals surface area contributed by atoms with Crippen LogP contribution in [0.2, 0.25) is 0 Å². The Kier molecular flexibility index (Phi) is 3.80. The summed E-state index contributed by atoms with van der Waals surface area (Å²) in [5, 5.41) is 17.9. The van der Waals surface area contributed by atoms with Crippen LogP contribution < -0.4 is 9.47 Å². The summed E-state index contributed by atoms with van der Waals surface area (Å²) in [6.07, 6.45) is 0. The van der Waals surface area contributed by atoms with E-state index in [-0.39, 0.29) is 5.75 Å². The van der Waals surface area contributed by atoms with E-state index in [2.05, 4.69) is 0 Å². The monoisotopic (exact) mass is 254 g/mol. The molecular weight excluding hydrogens is 240 g/mol. The molecule has 0 aliphatic heterocycles. The zero-order chi connectivity index (χ0) is 13.9. The summed E-state index contributed by atoms with van der Waals surface area (Å²) in [5.74, 6) is -2.50. The highest BCUT2D eigenvalue weighted by molar-refractivity contribution is 6.01. The van der Waals surface area contributed by atoms with Gasteiger partial charge in [0.15, 0.2) is 0 Å². The predicted octanol–water partition coefficient (Wildman–Crippen LogP) is 1.31. The van der Waals surface area contributed by atoms with Crippen LogP contribution in [0.15, 0.2) is 18.2 Å². The van der Waals surface area contributed by atoms with Crippen LogP contribution in [0.5, 0.6) is 11.5 Å². The van der Waals surface area contributed by atoms with Crippen molar-refractivity contribution in [3.63, 3.8) is 0 Å². The van der Waals surface area contributed by atoms with Crippen molar-refractivity contribution < 1.29 is 29.3 Å². The number of hydrogen-bond donors (Lipinski definition) is 2. The Labute approximate surface area is 104 Å². The molecule has 0 spiro atoms. The Balaban J connectivity index is 3.17. The molecule has 1 aromatic carbocycles. The van der Waals surface area contributed by atoms with E-state index in [0.717, 1.165) is 6.92 Å². The smallest absolute Gasteiger partial charge is 0.359 e. The first-order valence-electron chi connectivity index (χ1n) is 5.12. The van der Waals surface area contributed by atoms with Gasteiger partial charge in [0, 0.05) is 5.56 Å². The molecule has 0 saturated heterocycles. The second-order valence-corrected chi connectivity index (χ2v) is 3.83. The molecule has 0 fully saturated rings. The molecule has 6 heteroatoms. The minimum Gasteiger partial charge on any atom is -0.496 e. The van der Waals surface area contributed by atoms with Crippen molar-refractivity contribution in [2.75, 3.05) is 7.11 Å². The van der Waals surface area contributed by atoms with Crippen LogP contribution >= 0.6 is 0 Å². The molecule has 0 atom stereocenters. The van der Waals surface area contributed by atoms with E-state index in [1.807, 2.05) is 0 Å². The van der Waals surface area contributed by atoms with Crippen molar-refractivity contribution >= 4 is 11.9 Å². The molecule has 0 bridgehead atoms. The van der Waals surface area contributed by atoms with Crippen molar-refractivity contribution in [3.8, 4) is 11.5 Å². The number of carboxylic acid groups (broad SMARTS) is 2. The third kappa shape index (κ3) is 2.37. The first-order valence-corrected chi connectivity index (χ1v) is 5.12. The van der Waals surface area contributed by atoms with E-state index in [9.17, 15) is 9.59 Å². The van der Waals surface area contributed by atoms with E-state index in [1.54, 1.807) is 19.1 Å². The molecule has 6 nitrogen and oxygen atoms in total. The summed E-state index contributed by atoms with van der Waals surface area (Å²) in [4.78, 5) is 22.0. The second-order valence-electron chi connectivity index (χ2n) is 3.83.